The van der Waals surface area contributed by atoms with Crippen LogP contribution in [0.5, 0.6) is 5.75 Å². The van der Waals surface area contributed by atoms with Crippen molar-refractivity contribution in [2.24, 2.45) is 5.73 Å². The van der Waals surface area contributed by atoms with Crippen molar-refractivity contribution < 1.29 is 4.74 Å². The summed E-state index contributed by atoms with van der Waals surface area (Å²) in [6, 6.07) is 5.97. The van der Waals surface area contributed by atoms with E-state index in [9.17, 15) is 0 Å². The molecular weight excluding hydrogens is 182 g/mol. The largest absolute Gasteiger partial charge is 0.496 e. The summed E-state index contributed by atoms with van der Waals surface area (Å²) in [5.74, 6) is 1.56. The zero-order valence-electron chi connectivity index (χ0n) is 7.95. The fourth-order valence-electron chi connectivity index (χ4n) is 1.24. The Hall–Kier alpha value is -0.670. The number of hydrogen-bond donors (Lipinski definition) is 2. The van der Waals surface area contributed by atoms with Crippen LogP contribution < -0.4 is 10.5 Å². The van der Waals surface area contributed by atoms with Gasteiger partial charge in [-0.2, -0.15) is 12.6 Å². The first-order valence-corrected chi connectivity index (χ1v) is 4.83. The standard InChI is InChI=1S/C10H15NOS/c1-7-5-8(9(11)6-13)3-4-10(7)12-2/h3-5,9,13H,6,11H2,1-2H3. The third-order valence-electron chi connectivity index (χ3n) is 2.04. The van der Waals surface area contributed by atoms with Crippen LogP contribution in [0.2, 0.25) is 0 Å². The van der Waals surface area contributed by atoms with Gasteiger partial charge in [-0.3, -0.25) is 0 Å². The molecule has 0 saturated carbocycles. The summed E-state index contributed by atoms with van der Waals surface area (Å²) in [5, 5.41) is 0. The van der Waals surface area contributed by atoms with Gasteiger partial charge in [0.1, 0.15) is 5.75 Å². The molecule has 0 aliphatic heterocycles. The van der Waals surface area contributed by atoms with Crippen molar-refractivity contribution in [2.45, 2.75) is 13.0 Å². The van der Waals surface area contributed by atoms with Gasteiger partial charge < -0.3 is 10.5 Å². The van der Waals surface area contributed by atoms with Crippen LogP contribution in [0.3, 0.4) is 0 Å². The molecule has 1 unspecified atom stereocenters. The molecule has 0 saturated heterocycles. The van der Waals surface area contributed by atoms with Crippen molar-refractivity contribution in [1.82, 2.24) is 0 Å². The van der Waals surface area contributed by atoms with Gasteiger partial charge in [-0.25, -0.2) is 0 Å². The van der Waals surface area contributed by atoms with E-state index < -0.39 is 0 Å². The van der Waals surface area contributed by atoms with Gasteiger partial charge in [0.15, 0.2) is 0 Å². The first kappa shape index (κ1) is 10.4. The van der Waals surface area contributed by atoms with Crippen molar-refractivity contribution in [3.05, 3.63) is 29.3 Å². The van der Waals surface area contributed by atoms with Gasteiger partial charge in [-0.05, 0) is 24.1 Å². The summed E-state index contributed by atoms with van der Waals surface area (Å²) in [4.78, 5) is 0. The highest BCUT2D eigenvalue weighted by Crippen LogP contribution is 2.21. The van der Waals surface area contributed by atoms with E-state index in [0.29, 0.717) is 5.75 Å². The molecule has 0 amide bonds. The SMILES string of the molecule is COc1ccc(C(N)CS)cc1C. The van der Waals surface area contributed by atoms with Crippen LogP contribution in [-0.2, 0) is 0 Å². The number of rotatable bonds is 3. The zero-order chi connectivity index (χ0) is 9.84. The third-order valence-corrected chi connectivity index (χ3v) is 2.44. The summed E-state index contributed by atoms with van der Waals surface area (Å²) < 4.78 is 5.15. The van der Waals surface area contributed by atoms with Crippen LogP contribution in [0, 0.1) is 6.92 Å². The van der Waals surface area contributed by atoms with E-state index >= 15 is 0 Å². The minimum atomic E-state index is 0.00735. The molecule has 1 aromatic rings. The Kier molecular flexibility index (Phi) is 3.63. The van der Waals surface area contributed by atoms with E-state index in [2.05, 4.69) is 12.6 Å². The number of benzene rings is 1. The molecule has 0 heterocycles. The molecule has 0 radical (unpaired) electrons. The minimum absolute atomic E-state index is 0.00735. The molecule has 2 N–H and O–H groups in total. The molecule has 2 nitrogen and oxygen atoms in total. The molecule has 13 heavy (non-hydrogen) atoms. The highest BCUT2D eigenvalue weighted by Gasteiger charge is 2.05. The second-order valence-electron chi connectivity index (χ2n) is 3.02. The summed E-state index contributed by atoms with van der Waals surface area (Å²) in [5.41, 5.74) is 8.05. The van der Waals surface area contributed by atoms with E-state index in [1.807, 2.05) is 25.1 Å². The van der Waals surface area contributed by atoms with Crippen molar-refractivity contribution in [3.8, 4) is 5.75 Å². The first-order valence-electron chi connectivity index (χ1n) is 4.20. The van der Waals surface area contributed by atoms with Crippen molar-refractivity contribution in [1.29, 1.82) is 0 Å². The first-order chi connectivity index (χ1) is 6.19. The second-order valence-corrected chi connectivity index (χ2v) is 3.38. The Labute approximate surface area is 84.5 Å². The van der Waals surface area contributed by atoms with Gasteiger partial charge in [0.25, 0.3) is 0 Å². The fraction of sp³-hybridized carbons (Fsp3) is 0.400. The predicted molar refractivity (Wildman–Crippen MR) is 58.5 cm³/mol. The van der Waals surface area contributed by atoms with Crippen LogP contribution in [0.1, 0.15) is 17.2 Å². The number of ether oxygens (including phenoxy) is 1. The monoisotopic (exact) mass is 197 g/mol. The molecule has 0 spiro atoms. The smallest absolute Gasteiger partial charge is 0.121 e. The summed E-state index contributed by atoms with van der Waals surface area (Å²) in [6.07, 6.45) is 0. The summed E-state index contributed by atoms with van der Waals surface area (Å²) in [7, 11) is 1.67. The van der Waals surface area contributed by atoms with E-state index in [0.717, 1.165) is 16.9 Å². The average molecular weight is 197 g/mol. The van der Waals surface area contributed by atoms with Gasteiger partial charge in [0.05, 0.1) is 7.11 Å². The van der Waals surface area contributed by atoms with Gasteiger partial charge in [0, 0.05) is 11.8 Å². The predicted octanol–water partition coefficient (Wildman–Crippen LogP) is 1.93. The van der Waals surface area contributed by atoms with Crippen LogP contribution >= 0.6 is 12.6 Å². The normalized spacial score (nSPS) is 12.6. The minimum Gasteiger partial charge on any atom is -0.496 e. The molecule has 0 bridgehead atoms. The van der Waals surface area contributed by atoms with E-state index in [-0.39, 0.29) is 6.04 Å². The molecule has 1 aromatic carbocycles. The van der Waals surface area contributed by atoms with Gasteiger partial charge >= 0.3 is 0 Å². The number of thiol groups is 1. The molecule has 0 aromatic heterocycles. The highest BCUT2D eigenvalue weighted by molar-refractivity contribution is 7.80. The lowest BCUT2D eigenvalue weighted by Crippen LogP contribution is -2.11. The Morgan fingerprint density at radius 2 is 2.23 bits per heavy atom. The maximum Gasteiger partial charge on any atom is 0.121 e. The zero-order valence-corrected chi connectivity index (χ0v) is 8.84. The van der Waals surface area contributed by atoms with Crippen LogP contribution in [0.15, 0.2) is 18.2 Å². The Morgan fingerprint density at radius 1 is 1.54 bits per heavy atom. The average Bonchev–Trinajstić information content (AvgIpc) is 2.16. The maximum atomic E-state index is 5.84. The third kappa shape index (κ3) is 2.39. The summed E-state index contributed by atoms with van der Waals surface area (Å²) in [6.45, 7) is 2.01. The summed E-state index contributed by atoms with van der Waals surface area (Å²) >= 11 is 4.15. The van der Waals surface area contributed by atoms with Crippen LogP contribution in [-0.4, -0.2) is 12.9 Å². The van der Waals surface area contributed by atoms with Crippen LogP contribution in [0.4, 0.5) is 0 Å². The van der Waals surface area contributed by atoms with E-state index in [1.165, 1.54) is 0 Å². The maximum absolute atomic E-state index is 5.84. The molecule has 0 aliphatic carbocycles. The fourth-order valence-corrected chi connectivity index (χ4v) is 1.45. The molecule has 1 rings (SSSR count). The van der Waals surface area contributed by atoms with Gasteiger partial charge in [-0.1, -0.05) is 12.1 Å². The Bertz CT molecular complexity index is 288. The van der Waals surface area contributed by atoms with E-state index in [4.69, 9.17) is 10.5 Å². The lowest BCUT2D eigenvalue weighted by Gasteiger charge is -2.11. The van der Waals surface area contributed by atoms with Gasteiger partial charge in [0.2, 0.25) is 0 Å². The quantitative estimate of drug-likeness (QED) is 0.726. The lowest BCUT2D eigenvalue weighted by molar-refractivity contribution is 0.411. The van der Waals surface area contributed by atoms with E-state index in [1.54, 1.807) is 7.11 Å². The number of hydrogen-bond acceptors (Lipinski definition) is 3. The van der Waals surface area contributed by atoms with Crippen molar-refractivity contribution >= 4 is 12.6 Å². The van der Waals surface area contributed by atoms with Crippen molar-refractivity contribution in [3.63, 3.8) is 0 Å². The number of methoxy groups -OCH3 is 1. The van der Waals surface area contributed by atoms with Crippen molar-refractivity contribution in [2.75, 3.05) is 12.9 Å². The second kappa shape index (κ2) is 4.53. The molecule has 3 heteroatoms. The number of nitrogens with two attached hydrogens (primary N) is 1. The van der Waals surface area contributed by atoms with Gasteiger partial charge in [-0.15, -0.1) is 0 Å². The molecule has 72 valence electrons. The highest BCUT2D eigenvalue weighted by atomic mass is 32.1. The molecule has 1 atom stereocenters. The molecular formula is C10H15NOS. The Morgan fingerprint density at radius 3 is 2.69 bits per heavy atom. The Balaban J connectivity index is 2.95. The molecule has 0 fully saturated rings. The topological polar surface area (TPSA) is 35.2 Å². The molecule has 0 aliphatic rings. The lowest BCUT2D eigenvalue weighted by atomic mass is 10.1. The number of aryl methyl sites for hydroxylation is 1. The van der Waals surface area contributed by atoms with Crippen LogP contribution in [0.25, 0.3) is 0 Å².